The highest BCUT2D eigenvalue weighted by Crippen LogP contribution is 2.35. The first-order valence-corrected chi connectivity index (χ1v) is 7.35. The van der Waals surface area contributed by atoms with Crippen molar-refractivity contribution in [2.45, 2.75) is 0 Å². The molecule has 0 atom stereocenters. The van der Waals surface area contributed by atoms with Crippen LogP contribution >= 0.6 is 51.3 Å². The molecule has 20 heavy (non-hydrogen) atoms. The normalized spacial score (nSPS) is 10.4. The fourth-order valence-electron chi connectivity index (χ4n) is 1.63. The highest BCUT2D eigenvalue weighted by atomic mass is 79.9. The summed E-state index contributed by atoms with van der Waals surface area (Å²) in [5.74, 6) is -0.437. The molecule has 2 rings (SSSR count). The minimum absolute atomic E-state index is 0.221. The predicted molar refractivity (Wildman–Crippen MR) is 89.7 cm³/mol. The van der Waals surface area contributed by atoms with Crippen molar-refractivity contribution in [1.29, 1.82) is 0 Å². The maximum absolute atomic E-state index is 13.2. The molecule has 2 nitrogen and oxygen atoms in total. The summed E-state index contributed by atoms with van der Waals surface area (Å²) in [7, 11) is 0. The Labute approximate surface area is 139 Å². The smallest absolute Gasteiger partial charge is 0.125 e. The highest BCUT2D eigenvalue weighted by Gasteiger charge is 2.12. The van der Waals surface area contributed by atoms with Gasteiger partial charge in [0.25, 0.3) is 0 Å². The molecule has 0 aromatic heterocycles. The highest BCUT2D eigenvalue weighted by molar-refractivity contribution is 9.10. The van der Waals surface area contributed by atoms with E-state index in [0.717, 1.165) is 0 Å². The molecule has 0 aliphatic heterocycles. The molecule has 0 saturated carbocycles. The first kappa shape index (κ1) is 15.5. The van der Waals surface area contributed by atoms with Gasteiger partial charge in [-0.25, -0.2) is 4.39 Å². The van der Waals surface area contributed by atoms with E-state index in [1.165, 1.54) is 12.1 Å². The molecule has 0 unspecified atom stereocenters. The largest absolute Gasteiger partial charge is 0.389 e. The number of nitrogens with two attached hydrogens (primary N) is 1. The van der Waals surface area contributed by atoms with Crippen molar-refractivity contribution in [3.63, 3.8) is 0 Å². The number of halogens is 4. The van der Waals surface area contributed by atoms with Gasteiger partial charge in [0.05, 0.1) is 16.4 Å². The monoisotopic (exact) mass is 392 g/mol. The zero-order chi connectivity index (χ0) is 14.9. The zero-order valence-corrected chi connectivity index (χ0v) is 13.8. The number of rotatable bonds is 3. The summed E-state index contributed by atoms with van der Waals surface area (Å²) in [6, 6.07) is 7.57. The number of anilines is 2. The molecule has 3 N–H and O–H groups in total. The molecule has 0 saturated heterocycles. The second-order valence-corrected chi connectivity index (χ2v) is 6.06. The standard InChI is InChI=1S/C13H8BrCl2FN2S/c14-9-4-7(17)5-10(16)12(9)19-11-3-6(15)1-2-8(11)13(18)20/h1-5,19H,(H2,18,20). The lowest BCUT2D eigenvalue weighted by molar-refractivity contribution is 0.627. The quantitative estimate of drug-likeness (QED) is 0.697. The molecule has 0 heterocycles. The first-order chi connectivity index (χ1) is 9.38. The van der Waals surface area contributed by atoms with Gasteiger partial charge >= 0.3 is 0 Å². The fraction of sp³-hybridized carbons (Fsp3) is 0. The van der Waals surface area contributed by atoms with E-state index >= 15 is 0 Å². The van der Waals surface area contributed by atoms with Crippen LogP contribution in [0.3, 0.4) is 0 Å². The Balaban J connectivity index is 2.50. The number of nitrogens with one attached hydrogen (secondary N) is 1. The van der Waals surface area contributed by atoms with Crippen LogP contribution in [0.5, 0.6) is 0 Å². The van der Waals surface area contributed by atoms with Gasteiger partial charge in [-0.1, -0.05) is 35.4 Å². The van der Waals surface area contributed by atoms with Gasteiger partial charge < -0.3 is 11.1 Å². The van der Waals surface area contributed by atoms with Gasteiger partial charge in [-0.3, -0.25) is 0 Å². The van der Waals surface area contributed by atoms with Crippen LogP contribution in [-0.2, 0) is 0 Å². The molecule has 0 aliphatic carbocycles. The molecule has 0 spiro atoms. The summed E-state index contributed by atoms with van der Waals surface area (Å²) in [4.78, 5) is 0.221. The Morgan fingerprint density at radius 1 is 1.25 bits per heavy atom. The summed E-state index contributed by atoms with van der Waals surface area (Å²) >= 11 is 20.2. The summed E-state index contributed by atoms with van der Waals surface area (Å²) < 4.78 is 13.7. The summed E-state index contributed by atoms with van der Waals surface area (Å²) in [6.45, 7) is 0. The minimum atomic E-state index is -0.437. The Kier molecular flexibility index (Phi) is 4.86. The zero-order valence-electron chi connectivity index (χ0n) is 9.88. The molecule has 7 heteroatoms. The molecular formula is C13H8BrCl2FN2S. The topological polar surface area (TPSA) is 38.0 Å². The maximum atomic E-state index is 13.2. The second kappa shape index (κ2) is 6.26. The SMILES string of the molecule is NC(=S)c1ccc(Cl)cc1Nc1c(Cl)cc(F)cc1Br. The van der Waals surface area contributed by atoms with Crippen molar-refractivity contribution >= 4 is 67.7 Å². The van der Waals surface area contributed by atoms with Crippen molar-refractivity contribution in [2.75, 3.05) is 5.32 Å². The van der Waals surface area contributed by atoms with Crippen molar-refractivity contribution < 1.29 is 4.39 Å². The molecule has 0 radical (unpaired) electrons. The minimum Gasteiger partial charge on any atom is -0.389 e. The lowest BCUT2D eigenvalue weighted by atomic mass is 10.1. The maximum Gasteiger partial charge on any atom is 0.125 e. The molecule has 0 amide bonds. The average molecular weight is 394 g/mol. The van der Waals surface area contributed by atoms with Gasteiger partial charge in [0, 0.05) is 15.1 Å². The third kappa shape index (κ3) is 3.41. The lowest BCUT2D eigenvalue weighted by Gasteiger charge is -2.14. The van der Waals surface area contributed by atoms with Crippen LogP contribution in [0.15, 0.2) is 34.8 Å². The van der Waals surface area contributed by atoms with E-state index in [0.29, 0.717) is 26.4 Å². The Morgan fingerprint density at radius 3 is 2.55 bits per heavy atom. The van der Waals surface area contributed by atoms with E-state index < -0.39 is 5.82 Å². The Morgan fingerprint density at radius 2 is 1.95 bits per heavy atom. The summed E-state index contributed by atoms with van der Waals surface area (Å²) in [6.07, 6.45) is 0. The van der Waals surface area contributed by atoms with E-state index in [4.69, 9.17) is 41.2 Å². The molecule has 0 fully saturated rings. The Bertz CT molecular complexity index is 671. The molecule has 2 aromatic carbocycles. The molecule has 0 bridgehead atoms. The van der Waals surface area contributed by atoms with Crippen LogP contribution in [0.4, 0.5) is 15.8 Å². The average Bonchev–Trinajstić information content (AvgIpc) is 2.33. The van der Waals surface area contributed by atoms with E-state index in [1.54, 1.807) is 18.2 Å². The van der Waals surface area contributed by atoms with Gasteiger partial charge in [0.15, 0.2) is 0 Å². The number of benzene rings is 2. The van der Waals surface area contributed by atoms with Crippen LogP contribution in [0.25, 0.3) is 0 Å². The van der Waals surface area contributed by atoms with Gasteiger partial charge in [0.2, 0.25) is 0 Å². The van der Waals surface area contributed by atoms with Crippen LogP contribution in [0.1, 0.15) is 5.56 Å². The van der Waals surface area contributed by atoms with E-state index in [1.807, 2.05) is 0 Å². The fourth-order valence-corrected chi connectivity index (χ4v) is 2.88. The van der Waals surface area contributed by atoms with Crippen LogP contribution in [0.2, 0.25) is 10.0 Å². The van der Waals surface area contributed by atoms with Crippen molar-refractivity contribution in [3.8, 4) is 0 Å². The van der Waals surface area contributed by atoms with Crippen molar-refractivity contribution in [3.05, 3.63) is 56.2 Å². The van der Waals surface area contributed by atoms with Gasteiger partial charge in [-0.15, -0.1) is 0 Å². The van der Waals surface area contributed by atoms with Gasteiger partial charge in [-0.05, 0) is 46.3 Å². The molecule has 0 aliphatic rings. The molecular weight excluding hydrogens is 386 g/mol. The van der Waals surface area contributed by atoms with Crippen molar-refractivity contribution in [1.82, 2.24) is 0 Å². The van der Waals surface area contributed by atoms with Crippen LogP contribution < -0.4 is 11.1 Å². The van der Waals surface area contributed by atoms with Gasteiger partial charge in [0.1, 0.15) is 10.8 Å². The second-order valence-electron chi connectivity index (χ2n) is 3.92. The molecule has 2 aromatic rings. The van der Waals surface area contributed by atoms with E-state index in [-0.39, 0.29) is 10.0 Å². The van der Waals surface area contributed by atoms with Crippen molar-refractivity contribution in [2.24, 2.45) is 5.73 Å². The molecule has 104 valence electrons. The summed E-state index contributed by atoms with van der Waals surface area (Å²) in [5.41, 5.74) is 7.39. The lowest BCUT2D eigenvalue weighted by Crippen LogP contribution is -2.12. The van der Waals surface area contributed by atoms with Crippen LogP contribution in [-0.4, -0.2) is 4.99 Å². The predicted octanol–water partition coefficient (Wildman–Crippen LogP) is 5.27. The number of hydrogen-bond acceptors (Lipinski definition) is 2. The van der Waals surface area contributed by atoms with Crippen LogP contribution in [0, 0.1) is 5.82 Å². The van der Waals surface area contributed by atoms with E-state index in [2.05, 4.69) is 21.2 Å². The third-order valence-corrected chi connectivity index (χ3v) is 3.89. The number of thiocarbonyl (C=S) groups is 1. The number of hydrogen-bond donors (Lipinski definition) is 2. The summed E-state index contributed by atoms with van der Waals surface area (Å²) in [5, 5.41) is 3.80. The third-order valence-electron chi connectivity index (χ3n) is 2.51. The van der Waals surface area contributed by atoms with Gasteiger partial charge in [-0.2, -0.15) is 0 Å². The van der Waals surface area contributed by atoms with E-state index in [9.17, 15) is 4.39 Å². The Hall–Kier alpha value is -0.880. The first-order valence-electron chi connectivity index (χ1n) is 5.39.